The highest BCUT2D eigenvalue weighted by molar-refractivity contribution is 5.46. The van der Waals surface area contributed by atoms with E-state index in [2.05, 4.69) is 27.8 Å². The first-order valence-electron chi connectivity index (χ1n) is 7.87. The smallest absolute Gasteiger partial charge is 0.129 e. The first kappa shape index (κ1) is 15.2. The standard InChI is InChI=1S/C16H26FN3/c1-2-14(17)12-18-10-4-3-7-15-9-8-13-6-5-11-19-16(13)20-15/h8-9,14,18H,2-7,10-12H2,1H3,(H,19,20). The summed E-state index contributed by atoms with van der Waals surface area (Å²) in [5.41, 5.74) is 2.50. The average Bonchev–Trinajstić information content (AvgIpc) is 2.50. The van der Waals surface area contributed by atoms with Crippen molar-refractivity contribution >= 4 is 5.82 Å². The van der Waals surface area contributed by atoms with Crippen molar-refractivity contribution in [3.05, 3.63) is 23.4 Å². The maximum Gasteiger partial charge on any atom is 0.129 e. The number of rotatable bonds is 8. The summed E-state index contributed by atoms with van der Waals surface area (Å²) >= 11 is 0. The summed E-state index contributed by atoms with van der Waals surface area (Å²) in [7, 11) is 0. The second-order valence-corrected chi connectivity index (χ2v) is 5.51. The molecule has 1 aliphatic rings. The number of anilines is 1. The number of unbranched alkanes of at least 4 members (excludes halogenated alkanes) is 1. The van der Waals surface area contributed by atoms with Crippen LogP contribution in [0.5, 0.6) is 0 Å². The Bertz CT molecular complexity index is 409. The van der Waals surface area contributed by atoms with Gasteiger partial charge < -0.3 is 10.6 Å². The van der Waals surface area contributed by atoms with Crippen molar-refractivity contribution in [2.45, 2.75) is 51.6 Å². The second kappa shape index (κ2) is 8.20. The zero-order valence-corrected chi connectivity index (χ0v) is 12.4. The molecule has 4 heteroatoms. The van der Waals surface area contributed by atoms with Gasteiger partial charge in [0.2, 0.25) is 0 Å². The molecular formula is C16H26FN3. The maximum atomic E-state index is 13.0. The molecule has 2 N–H and O–H groups in total. The van der Waals surface area contributed by atoms with Crippen LogP contribution in [0.25, 0.3) is 0 Å². The lowest BCUT2D eigenvalue weighted by atomic mass is 10.1. The van der Waals surface area contributed by atoms with E-state index in [1.54, 1.807) is 0 Å². The average molecular weight is 279 g/mol. The van der Waals surface area contributed by atoms with Crippen molar-refractivity contribution in [2.75, 3.05) is 25.0 Å². The zero-order chi connectivity index (χ0) is 14.2. The molecule has 1 atom stereocenters. The summed E-state index contributed by atoms with van der Waals surface area (Å²) in [6, 6.07) is 4.35. The predicted octanol–water partition coefficient (Wildman–Crippen LogP) is 3.10. The molecule has 0 saturated heterocycles. The molecule has 0 aromatic carbocycles. The summed E-state index contributed by atoms with van der Waals surface area (Å²) in [4.78, 5) is 4.68. The minimum absolute atomic E-state index is 0.484. The van der Waals surface area contributed by atoms with Gasteiger partial charge in [-0.2, -0.15) is 0 Å². The first-order chi connectivity index (χ1) is 9.79. The summed E-state index contributed by atoms with van der Waals surface area (Å²) < 4.78 is 13.0. The number of aryl methyl sites for hydroxylation is 2. The van der Waals surface area contributed by atoms with Gasteiger partial charge in [0.1, 0.15) is 12.0 Å². The van der Waals surface area contributed by atoms with Gasteiger partial charge in [0.05, 0.1) is 0 Å². The van der Waals surface area contributed by atoms with Crippen LogP contribution in [-0.4, -0.2) is 30.8 Å². The van der Waals surface area contributed by atoms with Gasteiger partial charge in [0, 0.05) is 18.8 Å². The topological polar surface area (TPSA) is 37.0 Å². The molecule has 0 radical (unpaired) electrons. The summed E-state index contributed by atoms with van der Waals surface area (Å²) in [6.45, 7) is 4.29. The molecule has 0 aliphatic carbocycles. The monoisotopic (exact) mass is 279 g/mol. The second-order valence-electron chi connectivity index (χ2n) is 5.51. The fraction of sp³-hybridized carbons (Fsp3) is 0.688. The van der Waals surface area contributed by atoms with E-state index in [9.17, 15) is 4.39 Å². The van der Waals surface area contributed by atoms with Gasteiger partial charge in [-0.05, 0) is 56.7 Å². The molecule has 0 amide bonds. The molecule has 2 rings (SSSR count). The number of pyridine rings is 1. The van der Waals surface area contributed by atoms with E-state index < -0.39 is 6.17 Å². The van der Waals surface area contributed by atoms with Gasteiger partial charge in [-0.15, -0.1) is 0 Å². The Hall–Kier alpha value is -1.16. The van der Waals surface area contributed by atoms with Crippen molar-refractivity contribution in [2.24, 2.45) is 0 Å². The van der Waals surface area contributed by atoms with Gasteiger partial charge in [-0.3, -0.25) is 0 Å². The predicted molar refractivity (Wildman–Crippen MR) is 82.0 cm³/mol. The van der Waals surface area contributed by atoms with E-state index >= 15 is 0 Å². The lowest BCUT2D eigenvalue weighted by Crippen LogP contribution is -2.24. The van der Waals surface area contributed by atoms with Crippen LogP contribution >= 0.6 is 0 Å². The van der Waals surface area contributed by atoms with Crippen molar-refractivity contribution in [3.8, 4) is 0 Å². The largest absolute Gasteiger partial charge is 0.370 e. The first-order valence-corrected chi connectivity index (χ1v) is 7.87. The molecule has 112 valence electrons. The fourth-order valence-corrected chi connectivity index (χ4v) is 2.47. The van der Waals surface area contributed by atoms with E-state index in [1.165, 1.54) is 12.0 Å². The Labute approximate surface area is 121 Å². The minimum atomic E-state index is -0.705. The molecule has 3 nitrogen and oxygen atoms in total. The molecule has 1 aromatic heterocycles. The number of aromatic nitrogens is 1. The van der Waals surface area contributed by atoms with Gasteiger partial charge in [-0.25, -0.2) is 9.37 Å². The van der Waals surface area contributed by atoms with Crippen LogP contribution in [0.15, 0.2) is 12.1 Å². The SMILES string of the molecule is CCC(F)CNCCCCc1ccc2c(n1)NCCC2. The summed E-state index contributed by atoms with van der Waals surface area (Å²) in [6.07, 6.45) is 5.41. The van der Waals surface area contributed by atoms with Crippen LogP contribution in [0.1, 0.15) is 43.9 Å². The van der Waals surface area contributed by atoms with Crippen LogP contribution in [0, 0.1) is 0 Å². The molecule has 0 saturated carbocycles. The number of alkyl halides is 1. The fourth-order valence-electron chi connectivity index (χ4n) is 2.47. The molecule has 0 fully saturated rings. The van der Waals surface area contributed by atoms with Gasteiger partial charge >= 0.3 is 0 Å². The number of nitrogens with one attached hydrogen (secondary N) is 2. The van der Waals surface area contributed by atoms with Crippen molar-refractivity contribution in [3.63, 3.8) is 0 Å². The van der Waals surface area contributed by atoms with Crippen LogP contribution in [-0.2, 0) is 12.8 Å². The molecule has 20 heavy (non-hydrogen) atoms. The van der Waals surface area contributed by atoms with E-state index in [0.717, 1.165) is 50.3 Å². The third kappa shape index (κ3) is 4.75. The van der Waals surface area contributed by atoms with Crippen LogP contribution < -0.4 is 10.6 Å². The third-order valence-corrected chi connectivity index (χ3v) is 3.80. The van der Waals surface area contributed by atoms with Gasteiger partial charge in [-0.1, -0.05) is 13.0 Å². The van der Waals surface area contributed by atoms with Crippen molar-refractivity contribution in [1.82, 2.24) is 10.3 Å². The Morgan fingerprint density at radius 3 is 3.15 bits per heavy atom. The van der Waals surface area contributed by atoms with Crippen LogP contribution in [0.4, 0.5) is 10.2 Å². The third-order valence-electron chi connectivity index (χ3n) is 3.80. The van der Waals surface area contributed by atoms with Crippen molar-refractivity contribution in [1.29, 1.82) is 0 Å². The molecule has 1 aliphatic heterocycles. The highest BCUT2D eigenvalue weighted by atomic mass is 19.1. The summed E-state index contributed by atoms with van der Waals surface area (Å²) in [5, 5.41) is 6.53. The Morgan fingerprint density at radius 2 is 2.30 bits per heavy atom. The number of hydrogen-bond donors (Lipinski definition) is 2. The number of fused-ring (bicyclic) bond motifs is 1. The highest BCUT2D eigenvalue weighted by Crippen LogP contribution is 2.20. The minimum Gasteiger partial charge on any atom is -0.370 e. The van der Waals surface area contributed by atoms with Gasteiger partial charge in [0.15, 0.2) is 0 Å². The van der Waals surface area contributed by atoms with E-state index in [1.807, 2.05) is 6.92 Å². The van der Waals surface area contributed by atoms with Crippen LogP contribution in [0.3, 0.4) is 0 Å². The Morgan fingerprint density at radius 1 is 1.40 bits per heavy atom. The van der Waals surface area contributed by atoms with E-state index in [4.69, 9.17) is 0 Å². The number of hydrogen-bond acceptors (Lipinski definition) is 3. The van der Waals surface area contributed by atoms with E-state index in [0.29, 0.717) is 13.0 Å². The maximum absolute atomic E-state index is 13.0. The molecular weight excluding hydrogens is 253 g/mol. The molecule has 2 heterocycles. The number of nitrogens with zero attached hydrogens (tertiary/aromatic N) is 1. The normalized spacial score (nSPS) is 15.5. The Balaban J connectivity index is 1.64. The van der Waals surface area contributed by atoms with Gasteiger partial charge in [0.25, 0.3) is 0 Å². The molecule has 1 unspecified atom stereocenters. The zero-order valence-electron chi connectivity index (χ0n) is 12.4. The highest BCUT2D eigenvalue weighted by Gasteiger charge is 2.09. The molecule has 0 bridgehead atoms. The van der Waals surface area contributed by atoms with Crippen molar-refractivity contribution < 1.29 is 4.39 Å². The van der Waals surface area contributed by atoms with Crippen LogP contribution in [0.2, 0.25) is 0 Å². The molecule has 0 spiro atoms. The molecule has 1 aromatic rings. The lowest BCUT2D eigenvalue weighted by molar-refractivity contribution is 0.310. The Kier molecular flexibility index (Phi) is 6.25. The lowest BCUT2D eigenvalue weighted by Gasteiger charge is -2.17. The summed E-state index contributed by atoms with van der Waals surface area (Å²) in [5.74, 6) is 1.08. The number of halogens is 1. The quantitative estimate of drug-likeness (QED) is 0.718. The van der Waals surface area contributed by atoms with E-state index in [-0.39, 0.29) is 0 Å².